The van der Waals surface area contributed by atoms with Crippen LogP contribution in [0.3, 0.4) is 0 Å². The van der Waals surface area contributed by atoms with Crippen LogP contribution in [0, 0.1) is 5.92 Å². The average Bonchev–Trinajstić information content (AvgIpc) is 2.92. The predicted molar refractivity (Wildman–Crippen MR) is 78.3 cm³/mol. The monoisotopic (exact) mass is 269 g/mol. The van der Waals surface area contributed by atoms with Crippen LogP contribution in [-0.4, -0.2) is 48.0 Å². The van der Waals surface area contributed by atoms with Crippen LogP contribution in [0.4, 0.5) is 0 Å². The molecule has 0 aromatic rings. The van der Waals surface area contributed by atoms with Gasteiger partial charge in [0.15, 0.2) is 0 Å². The zero-order valence-electron chi connectivity index (χ0n) is 12.7. The lowest BCUT2D eigenvalue weighted by molar-refractivity contribution is -0.0188. The highest BCUT2D eigenvalue weighted by atomic mass is 16.5. The fourth-order valence-electron chi connectivity index (χ4n) is 3.83. The van der Waals surface area contributed by atoms with E-state index in [-0.39, 0.29) is 6.10 Å². The third-order valence-corrected chi connectivity index (χ3v) is 4.92. The van der Waals surface area contributed by atoms with E-state index in [1.807, 2.05) is 0 Å². The summed E-state index contributed by atoms with van der Waals surface area (Å²) in [6.07, 6.45) is 8.63. The summed E-state index contributed by atoms with van der Waals surface area (Å²) in [5.41, 5.74) is 0. The number of nitrogens with zero attached hydrogens (tertiary/aromatic N) is 1. The third-order valence-electron chi connectivity index (χ3n) is 4.92. The number of hydrogen-bond acceptors (Lipinski definition) is 3. The molecule has 4 unspecified atom stereocenters. The van der Waals surface area contributed by atoms with Gasteiger partial charge in [0.1, 0.15) is 0 Å². The van der Waals surface area contributed by atoms with Crippen LogP contribution in [0.2, 0.25) is 0 Å². The summed E-state index contributed by atoms with van der Waals surface area (Å²) < 4.78 is 5.76. The Labute approximate surface area is 118 Å². The van der Waals surface area contributed by atoms with Gasteiger partial charge in [-0.15, -0.1) is 0 Å². The molecule has 0 spiro atoms. The molecule has 2 fully saturated rings. The molecule has 19 heavy (non-hydrogen) atoms. The first-order chi connectivity index (χ1) is 9.24. The lowest BCUT2D eigenvalue weighted by Gasteiger charge is -2.41. The van der Waals surface area contributed by atoms with Crippen molar-refractivity contribution in [2.75, 3.05) is 19.7 Å². The van der Waals surface area contributed by atoms with E-state index in [1.54, 1.807) is 0 Å². The zero-order chi connectivity index (χ0) is 13.7. The Bertz CT molecular complexity index is 253. The zero-order valence-corrected chi connectivity index (χ0v) is 12.7. The fraction of sp³-hybridized carbons (Fsp3) is 1.00. The Morgan fingerprint density at radius 3 is 2.68 bits per heavy atom. The second-order valence-electron chi connectivity index (χ2n) is 6.33. The first-order valence-corrected chi connectivity index (χ1v) is 8.28. The second kappa shape index (κ2) is 7.61. The van der Waals surface area contributed by atoms with E-state index in [0.717, 1.165) is 32.0 Å². The van der Waals surface area contributed by atoms with Crippen LogP contribution in [0.15, 0.2) is 0 Å². The number of hydrogen-bond donors (Lipinski definition) is 1. The second-order valence-corrected chi connectivity index (χ2v) is 6.33. The number of likely N-dealkylation sites (N-methyl/N-ethyl adjacent to an activating group) is 1. The van der Waals surface area contributed by atoms with Crippen molar-refractivity contribution in [2.45, 2.75) is 77.0 Å². The van der Waals surface area contributed by atoms with Crippen molar-refractivity contribution in [1.82, 2.24) is 4.90 Å². The molecule has 1 aliphatic carbocycles. The first kappa shape index (κ1) is 15.3. The normalized spacial score (nSPS) is 36.0. The summed E-state index contributed by atoms with van der Waals surface area (Å²) in [6, 6.07) is 0.361. The Balaban J connectivity index is 1.90. The molecule has 0 aromatic carbocycles. The number of aliphatic hydroxyl groups excluding tert-OH is 1. The summed E-state index contributed by atoms with van der Waals surface area (Å²) in [6.45, 7) is 7.44. The molecule has 1 N–H and O–H groups in total. The minimum atomic E-state index is -0.130. The predicted octanol–water partition coefficient (Wildman–Crippen LogP) is 2.82. The molecule has 1 saturated carbocycles. The van der Waals surface area contributed by atoms with Crippen molar-refractivity contribution in [1.29, 1.82) is 0 Å². The molecule has 0 amide bonds. The standard InChI is InChI=1S/C16H31NO2/c1-3-6-13-8-9-16(18)15(11-13)17(4-2)12-14-7-5-10-19-14/h13-16,18H,3-12H2,1-2H3. The van der Waals surface area contributed by atoms with E-state index in [0.29, 0.717) is 12.1 Å². The van der Waals surface area contributed by atoms with Crippen molar-refractivity contribution in [3.05, 3.63) is 0 Å². The van der Waals surface area contributed by atoms with Gasteiger partial charge in [0.05, 0.1) is 12.2 Å². The van der Waals surface area contributed by atoms with Gasteiger partial charge < -0.3 is 9.84 Å². The van der Waals surface area contributed by atoms with Crippen molar-refractivity contribution in [3.8, 4) is 0 Å². The van der Waals surface area contributed by atoms with Gasteiger partial charge in [-0.3, -0.25) is 4.90 Å². The summed E-state index contributed by atoms with van der Waals surface area (Å²) in [7, 11) is 0. The van der Waals surface area contributed by atoms with Crippen molar-refractivity contribution in [2.24, 2.45) is 5.92 Å². The molecule has 1 heterocycles. The molecule has 1 saturated heterocycles. The highest BCUT2D eigenvalue weighted by molar-refractivity contribution is 4.88. The van der Waals surface area contributed by atoms with Gasteiger partial charge in [-0.05, 0) is 44.6 Å². The van der Waals surface area contributed by atoms with Crippen molar-refractivity contribution >= 4 is 0 Å². The molecule has 4 atom stereocenters. The highest BCUT2D eigenvalue weighted by Gasteiger charge is 2.33. The van der Waals surface area contributed by atoms with Crippen LogP contribution in [-0.2, 0) is 4.74 Å². The number of aliphatic hydroxyl groups is 1. The highest BCUT2D eigenvalue weighted by Crippen LogP contribution is 2.31. The largest absolute Gasteiger partial charge is 0.391 e. The molecule has 3 nitrogen and oxygen atoms in total. The lowest BCUT2D eigenvalue weighted by Crippen LogP contribution is -2.49. The van der Waals surface area contributed by atoms with Gasteiger partial charge >= 0.3 is 0 Å². The van der Waals surface area contributed by atoms with Crippen LogP contribution in [0.1, 0.15) is 58.8 Å². The van der Waals surface area contributed by atoms with E-state index in [4.69, 9.17) is 4.74 Å². The van der Waals surface area contributed by atoms with E-state index in [1.165, 1.54) is 38.5 Å². The Morgan fingerprint density at radius 1 is 1.21 bits per heavy atom. The number of ether oxygens (including phenoxy) is 1. The van der Waals surface area contributed by atoms with Crippen molar-refractivity contribution < 1.29 is 9.84 Å². The van der Waals surface area contributed by atoms with E-state index in [9.17, 15) is 5.11 Å². The molecular formula is C16H31NO2. The summed E-state index contributed by atoms with van der Waals surface area (Å²) >= 11 is 0. The van der Waals surface area contributed by atoms with Gasteiger partial charge in [-0.2, -0.15) is 0 Å². The molecule has 0 aromatic heterocycles. The smallest absolute Gasteiger partial charge is 0.0702 e. The molecule has 3 heteroatoms. The molecule has 2 aliphatic rings. The van der Waals surface area contributed by atoms with E-state index < -0.39 is 0 Å². The molecule has 0 radical (unpaired) electrons. The Kier molecular flexibility index (Phi) is 6.11. The Morgan fingerprint density at radius 2 is 2.05 bits per heavy atom. The molecule has 0 bridgehead atoms. The van der Waals surface area contributed by atoms with Crippen LogP contribution in [0.5, 0.6) is 0 Å². The summed E-state index contributed by atoms with van der Waals surface area (Å²) in [4.78, 5) is 2.47. The van der Waals surface area contributed by atoms with Crippen LogP contribution >= 0.6 is 0 Å². The van der Waals surface area contributed by atoms with Crippen LogP contribution in [0.25, 0.3) is 0 Å². The minimum absolute atomic E-state index is 0.130. The topological polar surface area (TPSA) is 32.7 Å². The minimum Gasteiger partial charge on any atom is -0.391 e. The van der Waals surface area contributed by atoms with Crippen LogP contribution < -0.4 is 0 Å². The van der Waals surface area contributed by atoms with Gasteiger partial charge in [-0.25, -0.2) is 0 Å². The van der Waals surface area contributed by atoms with Crippen molar-refractivity contribution in [3.63, 3.8) is 0 Å². The average molecular weight is 269 g/mol. The van der Waals surface area contributed by atoms with E-state index in [2.05, 4.69) is 18.7 Å². The summed E-state index contributed by atoms with van der Waals surface area (Å²) in [5, 5.41) is 10.3. The third kappa shape index (κ3) is 4.17. The SMILES string of the molecule is CCCC1CCC(O)C(N(CC)CC2CCCO2)C1. The quantitative estimate of drug-likeness (QED) is 0.805. The first-order valence-electron chi connectivity index (χ1n) is 8.28. The maximum Gasteiger partial charge on any atom is 0.0702 e. The fourth-order valence-corrected chi connectivity index (χ4v) is 3.83. The maximum atomic E-state index is 10.3. The molecule has 112 valence electrons. The molecular weight excluding hydrogens is 238 g/mol. The van der Waals surface area contributed by atoms with Gasteiger partial charge in [0.25, 0.3) is 0 Å². The number of rotatable bonds is 6. The Hall–Kier alpha value is -0.120. The maximum absolute atomic E-state index is 10.3. The molecule has 1 aliphatic heterocycles. The lowest BCUT2D eigenvalue weighted by atomic mass is 9.80. The van der Waals surface area contributed by atoms with Gasteiger partial charge in [-0.1, -0.05) is 26.7 Å². The summed E-state index contributed by atoms with van der Waals surface area (Å²) in [5.74, 6) is 0.817. The van der Waals surface area contributed by atoms with Gasteiger partial charge in [0.2, 0.25) is 0 Å². The van der Waals surface area contributed by atoms with E-state index >= 15 is 0 Å². The van der Waals surface area contributed by atoms with Gasteiger partial charge in [0, 0.05) is 19.2 Å². The molecule has 2 rings (SSSR count).